The molecule has 0 aliphatic rings. The molecule has 2 aromatic carbocycles. The summed E-state index contributed by atoms with van der Waals surface area (Å²) in [6, 6.07) is 14.6. The number of rotatable bonds is 4. The molecule has 0 radical (unpaired) electrons. The van der Waals surface area contributed by atoms with Gasteiger partial charge >= 0.3 is 0 Å². The van der Waals surface area contributed by atoms with Gasteiger partial charge in [0, 0.05) is 16.1 Å². The van der Waals surface area contributed by atoms with E-state index in [1.165, 1.54) is 0 Å². The molecule has 0 fully saturated rings. The lowest BCUT2D eigenvalue weighted by molar-refractivity contribution is 0.306. The zero-order chi connectivity index (χ0) is 13.0. The number of halogens is 1. The Morgan fingerprint density at radius 3 is 2.44 bits per heavy atom. The van der Waals surface area contributed by atoms with Gasteiger partial charge in [-0.25, -0.2) is 0 Å². The third kappa shape index (κ3) is 3.02. The Labute approximate surface area is 111 Å². The summed E-state index contributed by atoms with van der Waals surface area (Å²) in [5, 5.41) is 8.16. The Bertz CT molecular complexity index is 552. The molecular weight excluding hydrogens is 248 g/mol. The Balaban J connectivity index is 2.10. The molecule has 0 aromatic heterocycles. The number of hydrogen-bond donors (Lipinski definition) is 2. The highest BCUT2D eigenvalue weighted by molar-refractivity contribution is 6.30. The second-order valence-electron chi connectivity index (χ2n) is 3.81. The molecule has 0 unspecified atom stereocenters. The molecule has 0 atom stereocenters. The minimum atomic E-state index is 0.0466. The van der Waals surface area contributed by atoms with Crippen molar-refractivity contribution in [3.05, 3.63) is 64.7 Å². The average molecular weight is 261 g/mol. The molecule has 18 heavy (non-hydrogen) atoms. The van der Waals surface area contributed by atoms with Crippen LogP contribution in [-0.4, -0.2) is 5.84 Å². The number of hydrogen-bond acceptors (Lipinski definition) is 2. The Kier molecular flexibility index (Phi) is 3.85. The number of benzene rings is 2. The van der Waals surface area contributed by atoms with Crippen molar-refractivity contribution in [2.45, 2.75) is 6.61 Å². The highest BCUT2D eigenvalue weighted by Gasteiger charge is 2.05. The van der Waals surface area contributed by atoms with Crippen LogP contribution in [0.15, 0.2) is 48.5 Å². The quantitative estimate of drug-likeness (QED) is 0.655. The van der Waals surface area contributed by atoms with Crippen LogP contribution in [0.2, 0.25) is 5.02 Å². The number of ether oxygens (including phenoxy) is 1. The summed E-state index contributed by atoms with van der Waals surface area (Å²) < 4.78 is 5.63. The number of nitrogen functional groups attached to an aromatic ring is 1. The predicted octanol–water partition coefficient (Wildman–Crippen LogP) is 3.20. The molecular formula is C14H13ClN2O. The van der Waals surface area contributed by atoms with E-state index in [0.29, 0.717) is 17.2 Å². The molecule has 0 bridgehead atoms. The van der Waals surface area contributed by atoms with Crippen LogP contribution in [0.25, 0.3) is 0 Å². The first-order chi connectivity index (χ1) is 8.66. The zero-order valence-corrected chi connectivity index (χ0v) is 10.4. The molecule has 0 heterocycles. The van der Waals surface area contributed by atoms with Crippen LogP contribution in [0, 0.1) is 5.41 Å². The number of nitrogens with one attached hydrogen (secondary N) is 1. The van der Waals surface area contributed by atoms with Crippen LogP contribution >= 0.6 is 11.6 Å². The summed E-state index contributed by atoms with van der Waals surface area (Å²) in [6.45, 7) is 0.372. The first kappa shape index (κ1) is 12.5. The second kappa shape index (κ2) is 5.56. The molecule has 0 aliphatic heterocycles. The van der Waals surface area contributed by atoms with Crippen LogP contribution < -0.4 is 10.5 Å². The van der Waals surface area contributed by atoms with Crippen molar-refractivity contribution >= 4 is 17.4 Å². The van der Waals surface area contributed by atoms with Crippen molar-refractivity contribution in [3.63, 3.8) is 0 Å². The van der Waals surface area contributed by atoms with Gasteiger partial charge in [-0.3, -0.25) is 5.41 Å². The SMILES string of the molecule is N=C(N)c1ccccc1COc1ccc(Cl)cc1. The highest BCUT2D eigenvalue weighted by Crippen LogP contribution is 2.18. The summed E-state index contributed by atoms with van der Waals surface area (Å²) in [4.78, 5) is 0. The van der Waals surface area contributed by atoms with E-state index in [9.17, 15) is 0 Å². The predicted molar refractivity (Wildman–Crippen MR) is 73.2 cm³/mol. The van der Waals surface area contributed by atoms with E-state index in [1.807, 2.05) is 24.3 Å². The maximum Gasteiger partial charge on any atom is 0.123 e. The van der Waals surface area contributed by atoms with E-state index in [1.54, 1.807) is 24.3 Å². The Morgan fingerprint density at radius 2 is 1.78 bits per heavy atom. The molecule has 92 valence electrons. The largest absolute Gasteiger partial charge is 0.489 e. The summed E-state index contributed by atoms with van der Waals surface area (Å²) >= 11 is 5.80. The fourth-order valence-corrected chi connectivity index (χ4v) is 1.73. The molecule has 0 saturated carbocycles. The van der Waals surface area contributed by atoms with Gasteiger partial charge in [0.2, 0.25) is 0 Å². The zero-order valence-electron chi connectivity index (χ0n) is 9.69. The lowest BCUT2D eigenvalue weighted by Gasteiger charge is -2.10. The summed E-state index contributed by atoms with van der Waals surface area (Å²) in [5.41, 5.74) is 7.10. The molecule has 0 aliphatic carbocycles. The van der Waals surface area contributed by atoms with E-state index in [-0.39, 0.29) is 5.84 Å². The third-order valence-corrected chi connectivity index (χ3v) is 2.77. The fraction of sp³-hybridized carbons (Fsp3) is 0.0714. The number of amidine groups is 1. The monoisotopic (exact) mass is 260 g/mol. The first-order valence-electron chi connectivity index (χ1n) is 5.47. The highest BCUT2D eigenvalue weighted by atomic mass is 35.5. The summed E-state index contributed by atoms with van der Waals surface area (Å²) in [5.74, 6) is 0.781. The van der Waals surface area contributed by atoms with Crippen LogP contribution in [0.3, 0.4) is 0 Å². The molecule has 0 spiro atoms. The van der Waals surface area contributed by atoms with Gasteiger partial charge in [0.05, 0.1) is 0 Å². The second-order valence-corrected chi connectivity index (χ2v) is 4.25. The maximum absolute atomic E-state index is 7.49. The van der Waals surface area contributed by atoms with Crippen molar-refractivity contribution < 1.29 is 4.74 Å². The maximum atomic E-state index is 7.49. The molecule has 3 N–H and O–H groups in total. The minimum absolute atomic E-state index is 0.0466. The minimum Gasteiger partial charge on any atom is -0.489 e. The van der Waals surface area contributed by atoms with Crippen LogP contribution in [0.4, 0.5) is 0 Å². The number of nitrogens with two attached hydrogens (primary N) is 1. The van der Waals surface area contributed by atoms with E-state index in [2.05, 4.69) is 0 Å². The van der Waals surface area contributed by atoms with Crippen molar-refractivity contribution in [1.82, 2.24) is 0 Å². The van der Waals surface area contributed by atoms with Gasteiger partial charge in [-0.2, -0.15) is 0 Å². The van der Waals surface area contributed by atoms with Gasteiger partial charge in [0.15, 0.2) is 0 Å². The van der Waals surface area contributed by atoms with Crippen molar-refractivity contribution in [1.29, 1.82) is 5.41 Å². The van der Waals surface area contributed by atoms with Crippen molar-refractivity contribution in [3.8, 4) is 5.75 Å². The van der Waals surface area contributed by atoms with E-state index >= 15 is 0 Å². The third-order valence-electron chi connectivity index (χ3n) is 2.52. The van der Waals surface area contributed by atoms with E-state index in [4.69, 9.17) is 27.5 Å². The van der Waals surface area contributed by atoms with Gasteiger partial charge < -0.3 is 10.5 Å². The standard InChI is InChI=1S/C14H13ClN2O/c15-11-5-7-12(8-6-11)18-9-10-3-1-2-4-13(10)14(16)17/h1-8H,9H2,(H3,16,17). The van der Waals surface area contributed by atoms with Crippen molar-refractivity contribution in [2.75, 3.05) is 0 Å². The van der Waals surface area contributed by atoms with Crippen LogP contribution in [0.1, 0.15) is 11.1 Å². The van der Waals surface area contributed by atoms with Gasteiger partial charge in [-0.05, 0) is 24.3 Å². The molecule has 2 rings (SSSR count). The van der Waals surface area contributed by atoms with Crippen molar-refractivity contribution in [2.24, 2.45) is 5.73 Å². The van der Waals surface area contributed by atoms with Crippen LogP contribution in [0.5, 0.6) is 5.75 Å². The molecule has 3 nitrogen and oxygen atoms in total. The van der Waals surface area contributed by atoms with Gasteiger partial charge in [-0.15, -0.1) is 0 Å². The first-order valence-corrected chi connectivity index (χ1v) is 5.85. The molecule has 4 heteroatoms. The smallest absolute Gasteiger partial charge is 0.123 e. The topological polar surface area (TPSA) is 59.1 Å². The summed E-state index contributed by atoms with van der Waals surface area (Å²) in [7, 11) is 0. The lowest BCUT2D eigenvalue weighted by Crippen LogP contribution is -2.14. The van der Waals surface area contributed by atoms with Crippen LogP contribution in [-0.2, 0) is 6.61 Å². The molecule has 0 amide bonds. The Morgan fingerprint density at radius 1 is 1.11 bits per heavy atom. The summed E-state index contributed by atoms with van der Waals surface area (Å²) in [6.07, 6.45) is 0. The van der Waals surface area contributed by atoms with E-state index < -0.39 is 0 Å². The molecule has 0 saturated heterocycles. The van der Waals surface area contributed by atoms with E-state index in [0.717, 1.165) is 11.3 Å². The Hall–Kier alpha value is -2.00. The molecule has 2 aromatic rings. The normalized spacial score (nSPS) is 10.1. The van der Waals surface area contributed by atoms with Gasteiger partial charge in [-0.1, -0.05) is 35.9 Å². The van der Waals surface area contributed by atoms with Gasteiger partial charge in [0.25, 0.3) is 0 Å². The van der Waals surface area contributed by atoms with Gasteiger partial charge in [0.1, 0.15) is 18.2 Å². The lowest BCUT2D eigenvalue weighted by atomic mass is 10.1. The average Bonchev–Trinajstić information content (AvgIpc) is 2.38. The fourth-order valence-electron chi connectivity index (χ4n) is 1.60.